The van der Waals surface area contributed by atoms with E-state index in [2.05, 4.69) is 10.1 Å². The third kappa shape index (κ3) is 3.94. The van der Waals surface area contributed by atoms with Crippen molar-refractivity contribution in [2.75, 3.05) is 20.8 Å². The number of carbonyl (C=O) groups excluding carboxylic acids is 1. The summed E-state index contributed by atoms with van der Waals surface area (Å²) in [6.45, 7) is 3.08. The second-order valence-electron chi connectivity index (χ2n) is 7.19. The van der Waals surface area contributed by atoms with Crippen LogP contribution < -0.4 is 9.47 Å². The van der Waals surface area contributed by atoms with Crippen LogP contribution in [0.5, 0.6) is 11.5 Å². The largest absolute Gasteiger partial charge is 0.493 e. The molecule has 4 rings (SSSR count). The second-order valence-corrected chi connectivity index (χ2v) is 7.19. The van der Waals surface area contributed by atoms with E-state index in [0.29, 0.717) is 42.7 Å². The van der Waals surface area contributed by atoms with Crippen LogP contribution in [0.1, 0.15) is 29.3 Å². The van der Waals surface area contributed by atoms with Crippen LogP contribution in [0.4, 0.5) is 0 Å². The number of aryl methyl sites for hydroxylation is 1. The molecule has 1 amide bonds. The van der Waals surface area contributed by atoms with Crippen LogP contribution in [0.25, 0.3) is 11.5 Å². The lowest BCUT2D eigenvalue weighted by Crippen LogP contribution is -2.24. The van der Waals surface area contributed by atoms with Gasteiger partial charge in [0.05, 0.1) is 14.2 Å². The number of benzene rings is 2. The van der Waals surface area contributed by atoms with Crippen LogP contribution in [0.3, 0.4) is 0 Å². The Bertz CT molecular complexity index is 1010. The van der Waals surface area contributed by atoms with Gasteiger partial charge in [-0.1, -0.05) is 28.9 Å². The fourth-order valence-corrected chi connectivity index (χ4v) is 3.51. The first-order valence-electron chi connectivity index (χ1n) is 9.46. The topological polar surface area (TPSA) is 77.7 Å². The predicted octanol–water partition coefficient (Wildman–Crippen LogP) is 3.58. The van der Waals surface area contributed by atoms with Crippen molar-refractivity contribution in [3.05, 3.63) is 59.4 Å². The zero-order valence-electron chi connectivity index (χ0n) is 16.7. The molecular formula is C22H23N3O4. The lowest BCUT2D eigenvalue weighted by Gasteiger charge is -2.17. The van der Waals surface area contributed by atoms with Crippen LogP contribution in [-0.2, 0) is 11.3 Å². The van der Waals surface area contributed by atoms with Crippen LogP contribution in [-0.4, -0.2) is 41.7 Å². The number of aromatic nitrogens is 2. The molecule has 1 aliphatic rings. The summed E-state index contributed by atoms with van der Waals surface area (Å²) in [5, 5.41) is 4.12. The normalized spacial score (nSPS) is 16.3. The van der Waals surface area contributed by atoms with Gasteiger partial charge in [-0.3, -0.25) is 4.79 Å². The van der Waals surface area contributed by atoms with Crippen molar-refractivity contribution in [3.63, 3.8) is 0 Å². The molecule has 0 radical (unpaired) electrons. The number of methoxy groups -OCH3 is 2. The second kappa shape index (κ2) is 7.95. The minimum atomic E-state index is -0.0782. The van der Waals surface area contributed by atoms with Crippen molar-refractivity contribution in [1.82, 2.24) is 15.0 Å². The Morgan fingerprint density at radius 2 is 1.86 bits per heavy atom. The van der Waals surface area contributed by atoms with E-state index in [1.165, 1.54) is 5.56 Å². The molecular weight excluding hydrogens is 370 g/mol. The van der Waals surface area contributed by atoms with Crippen LogP contribution in [0, 0.1) is 6.92 Å². The zero-order chi connectivity index (χ0) is 20.4. The Labute approximate surface area is 169 Å². The van der Waals surface area contributed by atoms with Crippen molar-refractivity contribution < 1.29 is 18.8 Å². The number of rotatable bonds is 6. The van der Waals surface area contributed by atoms with Gasteiger partial charge in [-0.25, -0.2) is 0 Å². The molecule has 0 bridgehead atoms. The number of carbonyl (C=O) groups is 1. The highest BCUT2D eigenvalue weighted by atomic mass is 16.5. The van der Waals surface area contributed by atoms with Gasteiger partial charge in [0.1, 0.15) is 0 Å². The third-order valence-corrected chi connectivity index (χ3v) is 5.14. The summed E-state index contributed by atoms with van der Waals surface area (Å²) >= 11 is 0. The fourth-order valence-electron chi connectivity index (χ4n) is 3.51. The van der Waals surface area contributed by atoms with Gasteiger partial charge in [0.2, 0.25) is 5.91 Å². The molecule has 1 unspecified atom stereocenters. The lowest BCUT2D eigenvalue weighted by atomic mass is 10.1. The van der Waals surface area contributed by atoms with Crippen molar-refractivity contribution in [2.24, 2.45) is 0 Å². The fraction of sp³-hybridized carbons (Fsp3) is 0.318. The molecule has 7 nitrogen and oxygen atoms in total. The molecule has 3 aromatic rings. The maximum Gasteiger partial charge on any atom is 0.257 e. The zero-order valence-corrected chi connectivity index (χ0v) is 16.7. The Hall–Kier alpha value is -3.35. The first-order valence-corrected chi connectivity index (χ1v) is 9.46. The maximum atomic E-state index is 12.5. The summed E-state index contributed by atoms with van der Waals surface area (Å²) in [6, 6.07) is 13.6. The van der Waals surface area contributed by atoms with Gasteiger partial charge in [0.15, 0.2) is 17.3 Å². The van der Waals surface area contributed by atoms with Crippen molar-refractivity contribution in [2.45, 2.75) is 25.8 Å². The molecule has 0 spiro atoms. The third-order valence-electron chi connectivity index (χ3n) is 5.14. The van der Waals surface area contributed by atoms with Gasteiger partial charge in [0, 0.05) is 31.0 Å². The van der Waals surface area contributed by atoms with Gasteiger partial charge in [0.25, 0.3) is 5.89 Å². The van der Waals surface area contributed by atoms with Crippen LogP contribution in [0.2, 0.25) is 0 Å². The molecule has 0 aliphatic carbocycles. The summed E-state index contributed by atoms with van der Waals surface area (Å²) in [4.78, 5) is 18.9. The Balaban J connectivity index is 1.46. The highest BCUT2D eigenvalue weighted by Gasteiger charge is 2.33. The molecule has 2 aromatic carbocycles. The van der Waals surface area contributed by atoms with E-state index < -0.39 is 0 Å². The van der Waals surface area contributed by atoms with Gasteiger partial charge >= 0.3 is 0 Å². The lowest BCUT2D eigenvalue weighted by molar-refractivity contribution is -0.128. The molecule has 29 heavy (non-hydrogen) atoms. The van der Waals surface area contributed by atoms with Crippen molar-refractivity contribution in [1.29, 1.82) is 0 Å². The number of nitrogens with zero attached hydrogens (tertiary/aromatic N) is 3. The Morgan fingerprint density at radius 1 is 1.10 bits per heavy atom. The average Bonchev–Trinajstić information content (AvgIpc) is 3.36. The molecule has 1 saturated heterocycles. The van der Waals surface area contributed by atoms with Gasteiger partial charge in [-0.2, -0.15) is 4.98 Å². The monoisotopic (exact) mass is 393 g/mol. The van der Waals surface area contributed by atoms with E-state index in [0.717, 1.165) is 11.1 Å². The first kappa shape index (κ1) is 19.0. The average molecular weight is 393 g/mol. The molecule has 150 valence electrons. The number of hydrogen-bond acceptors (Lipinski definition) is 6. The molecule has 1 aromatic heterocycles. The van der Waals surface area contributed by atoms with E-state index in [-0.39, 0.29) is 11.8 Å². The van der Waals surface area contributed by atoms with E-state index >= 15 is 0 Å². The van der Waals surface area contributed by atoms with Gasteiger partial charge in [-0.05, 0) is 36.8 Å². The molecule has 1 aliphatic heterocycles. The van der Waals surface area contributed by atoms with E-state index in [9.17, 15) is 4.79 Å². The van der Waals surface area contributed by atoms with Crippen LogP contribution in [0.15, 0.2) is 47.0 Å². The summed E-state index contributed by atoms with van der Waals surface area (Å²) < 4.78 is 16.0. The summed E-state index contributed by atoms with van der Waals surface area (Å²) in [5.41, 5.74) is 3.02. The molecule has 2 heterocycles. The number of amides is 1. The molecule has 1 fully saturated rings. The van der Waals surface area contributed by atoms with E-state index in [1.54, 1.807) is 14.2 Å². The van der Waals surface area contributed by atoms with Gasteiger partial charge < -0.3 is 18.9 Å². The Kier molecular flexibility index (Phi) is 5.20. The smallest absolute Gasteiger partial charge is 0.257 e. The predicted molar refractivity (Wildman–Crippen MR) is 107 cm³/mol. The maximum absolute atomic E-state index is 12.5. The number of likely N-dealkylation sites (tertiary alicyclic amines) is 1. The molecule has 0 N–H and O–H groups in total. The first-order chi connectivity index (χ1) is 14.1. The quantitative estimate of drug-likeness (QED) is 0.637. The summed E-state index contributed by atoms with van der Waals surface area (Å²) in [5.74, 6) is 2.36. The van der Waals surface area contributed by atoms with Crippen molar-refractivity contribution in [3.8, 4) is 23.0 Å². The minimum absolute atomic E-state index is 0.0754. The molecule has 0 saturated carbocycles. The van der Waals surface area contributed by atoms with Crippen molar-refractivity contribution >= 4 is 5.91 Å². The Morgan fingerprint density at radius 3 is 2.59 bits per heavy atom. The highest BCUT2D eigenvalue weighted by Crippen LogP contribution is 2.32. The number of hydrogen-bond donors (Lipinski definition) is 0. The van der Waals surface area contributed by atoms with E-state index in [4.69, 9.17) is 14.0 Å². The number of ether oxygens (including phenoxy) is 2. The van der Waals surface area contributed by atoms with E-state index in [1.807, 2.05) is 54.3 Å². The standard InChI is InChI=1S/C22H23N3O4/c1-14-4-7-16(8-5-14)22-23-21(24-29-22)17-11-20(26)25(13-17)12-15-6-9-18(27-2)19(10-15)28-3/h4-10,17H,11-13H2,1-3H3. The minimum Gasteiger partial charge on any atom is -0.493 e. The van der Waals surface area contributed by atoms with Gasteiger partial charge in [-0.15, -0.1) is 0 Å². The highest BCUT2D eigenvalue weighted by molar-refractivity contribution is 5.79. The molecule has 7 heteroatoms. The SMILES string of the molecule is COc1ccc(CN2CC(c3noc(-c4ccc(C)cc4)n3)CC2=O)cc1OC. The summed E-state index contributed by atoms with van der Waals surface area (Å²) in [6.07, 6.45) is 0.375. The summed E-state index contributed by atoms with van der Waals surface area (Å²) in [7, 11) is 3.20. The molecule has 1 atom stereocenters. The van der Waals surface area contributed by atoms with Crippen LogP contribution >= 0.6 is 0 Å².